The summed E-state index contributed by atoms with van der Waals surface area (Å²) in [5.41, 5.74) is 1.75. The Balaban J connectivity index is 1.62. The molecule has 30 heavy (non-hydrogen) atoms. The molecule has 3 aromatic rings. The van der Waals surface area contributed by atoms with Crippen LogP contribution in [-0.2, 0) is 19.1 Å². The van der Waals surface area contributed by atoms with Crippen LogP contribution >= 0.6 is 47.0 Å². The average Bonchev–Trinajstić information content (AvgIpc) is 3.43. The Morgan fingerprint density at radius 3 is 1.70 bits per heavy atom. The first-order chi connectivity index (χ1) is 14.6. The van der Waals surface area contributed by atoms with E-state index in [0.717, 1.165) is 40.1 Å². The van der Waals surface area contributed by atoms with Gasteiger partial charge in [-0.15, -0.1) is 23.5 Å². The maximum Gasteiger partial charge on any atom is 0.320 e. The lowest BCUT2D eigenvalue weighted by Crippen LogP contribution is -2.33. The van der Waals surface area contributed by atoms with Gasteiger partial charge in [-0.05, 0) is 12.1 Å². The van der Waals surface area contributed by atoms with Gasteiger partial charge in [-0.2, -0.15) is 0 Å². The molecule has 0 aliphatic carbocycles. The maximum absolute atomic E-state index is 12.3. The van der Waals surface area contributed by atoms with Crippen molar-refractivity contribution in [3.8, 4) is 0 Å². The summed E-state index contributed by atoms with van der Waals surface area (Å²) in [6, 6.07) is 7.96. The van der Waals surface area contributed by atoms with E-state index in [9.17, 15) is 9.59 Å². The van der Waals surface area contributed by atoms with Crippen LogP contribution in [0.5, 0.6) is 0 Å². The van der Waals surface area contributed by atoms with Gasteiger partial charge in [0.25, 0.3) is 0 Å². The SMILES string of the molecule is COC(=O)C1SC(=C2Sc3c(c4cccnc4c4ncccc34)S2)SC1C(=O)OC. The van der Waals surface area contributed by atoms with Crippen molar-refractivity contribution in [2.24, 2.45) is 0 Å². The number of thioether (sulfide) groups is 4. The number of nitrogens with zero attached hydrogens (tertiary/aromatic N) is 2. The van der Waals surface area contributed by atoms with E-state index in [2.05, 4.69) is 22.1 Å². The predicted molar refractivity (Wildman–Crippen MR) is 123 cm³/mol. The highest BCUT2D eigenvalue weighted by Crippen LogP contribution is 2.62. The Morgan fingerprint density at radius 1 is 0.800 bits per heavy atom. The first-order valence-electron chi connectivity index (χ1n) is 8.86. The van der Waals surface area contributed by atoms with Crippen LogP contribution in [0.25, 0.3) is 21.8 Å². The first-order valence-corrected chi connectivity index (χ1v) is 12.3. The first kappa shape index (κ1) is 20.0. The molecule has 0 amide bonds. The number of pyridine rings is 2. The van der Waals surface area contributed by atoms with Crippen molar-refractivity contribution in [1.82, 2.24) is 9.97 Å². The third-order valence-electron chi connectivity index (χ3n) is 4.70. The van der Waals surface area contributed by atoms with Crippen LogP contribution in [-0.4, -0.2) is 46.6 Å². The van der Waals surface area contributed by atoms with Crippen LogP contribution in [0, 0.1) is 0 Å². The second-order valence-corrected chi connectivity index (χ2v) is 11.2. The Hall–Kier alpha value is -1.88. The summed E-state index contributed by atoms with van der Waals surface area (Å²) in [6.07, 6.45) is 3.55. The molecule has 6 nitrogen and oxygen atoms in total. The van der Waals surface area contributed by atoms with Gasteiger partial charge in [0, 0.05) is 33.0 Å². The monoisotopic (exact) mass is 474 g/mol. The van der Waals surface area contributed by atoms with Crippen LogP contribution in [0.1, 0.15) is 0 Å². The Labute approximate surface area is 188 Å². The zero-order chi connectivity index (χ0) is 20.8. The molecule has 1 aromatic carbocycles. The van der Waals surface area contributed by atoms with E-state index in [1.165, 1.54) is 37.7 Å². The molecule has 2 aliphatic heterocycles. The minimum Gasteiger partial charge on any atom is -0.468 e. The summed E-state index contributed by atoms with van der Waals surface area (Å²) >= 11 is 6.03. The highest BCUT2D eigenvalue weighted by atomic mass is 32.2. The molecule has 0 bridgehead atoms. The molecular weight excluding hydrogens is 460 g/mol. The van der Waals surface area contributed by atoms with Crippen molar-refractivity contribution in [3.63, 3.8) is 0 Å². The van der Waals surface area contributed by atoms with Crippen molar-refractivity contribution >= 4 is 80.8 Å². The third-order valence-corrected chi connectivity index (χ3v) is 10.9. The van der Waals surface area contributed by atoms with Crippen LogP contribution in [0.3, 0.4) is 0 Å². The van der Waals surface area contributed by atoms with Crippen LogP contribution < -0.4 is 0 Å². The quantitative estimate of drug-likeness (QED) is 0.386. The summed E-state index contributed by atoms with van der Waals surface area (Å²) in [6.45, 7) is 0. The predicted octanol–water partition coefficient (Wildman–Crippen LogP) is 4.67. The number of esters is 2. The van der Waals surface area contributed by atoms with Crippen LogP contribution in [0.15, 0.2) is 54.9 Å². The third kappa shape index (κ3) is 3.17. The van der Waals surface area contributed by atoms with Crippen molar-refractivity contribution < 1.29 is 19.1 Å². The molecule has 152 valence electrons. The molecular formula is C20H14N2O4S4. The molecule has 0 saturated carbocycles. The molecule has 2 unspecified atom stereocenters. The topological polar surface area (TPSA) is 78.4 Å². The number of carbonyl (C=O) groups excluding carboxylic acids is 2. The van der Waals surface area contributed by atoms with E-state index >= 15 is 0 Å². The number of aromatic nitrogens is 2. The fourth-order valence-corrected chi connectivity index (χ4v) is 9.52. The van der Waals surface area contributed by atoms with Gasteiger partial charge >= 0.3 is 11.9 Å². The Morgan fingerprint density at radius 2 is 1.27 bits per heavy atom. The number of carbonyl (C=O) groups is 2. The second kappa shape index (κ2) is 7.99. The summed E-state index contributed by atoms with van der Waals surface area (Å²) < 4.78 is 11.8. The Kier molecular flexibility index (Phi) is 5.34. The molecule has 0 radical (unpaired) electrons. The van der Waals surface area contributed by atoms with Crippen molar-refractivity contribution in [2.75, 3.05) is 14.2 Å². The number of ether oxygens (including phenoxy) is 2. The van der Waals surface area contributed by atoms with E-state index in [1.807, 2.05) is 12.1 Å². The molecule has 1 saturated heterocycles. The van der Waals surface area contributed by atoms with E-state index in [4.69, 9.17) is 9.47 Å². The van der Waals surface area contributed by atoms with Gasteiger partial charge in [-0.3, -0.25) is 19.6 Å². The van der Waals surface area contributed by atoms with Gasteiger partial charge in [0.15, 0.2) is 0 Å². The highest BCUT2D eigenvalue weighted by molar-refractivity contribution is 8.31. The molecule has 1 fully saturated rings. The fourth-order valence-electron chi connectivity index (χ4n) is 3.35. The standard InChI is InChI=1S/C20H14N2O4S4/c1-25-17(23)15-16(18(24)26-2)30-20(29-15)19-27-13-9-5-3-7-21-11(9)12-10(14(13)28-19)6-4-8-22-12/h3-8,15-16H,1-2H3. The summed E-state index contributed by atoms with van der Waals surface area (Å²) in [5.74, 6) is -0.846. The smallest absolute Gasteiger partial charge is 0.320 e. The molecule has 0 N–H and O–H groups in total. The van der Waals surface area contributed by atoms with Crippen molar-refractivity contribution in [2.45, 2.75) is 20.3 Å². The average molecular weight is 475 g/mol. The van der Waals surface area contributed by atoms with Crippen LogP contribution in [0.4, 0.5) is 0 Å². The van der Waals surface area contributed by atoms with Gasteiger partial charge < -0.3 is 9.47 Å². The summed E-state index contributed by atoms with van der Waals surface area (Å²) in [7, 11) is 2.67. The second-order valence-electron chi connectivity index (χ2n) is 6.36. The van der Waals surface area contributed by atoms with E-state index < -0.39 is 22.4 Å². The maximum atomic E-state index is 12.3. The fraction of sp³-hybridized carbons (Fsp3) is 0.200. The molecule has 10 heteroatoms. The number of rotatable bonds is 2. The van der Waals surface area contributed by atoms with Gasteiger partial charge in [0.05, 0.1) is 33.7 Å². The lowest BCUT2D eigenvalue weighted by molar-refractivity contribution is -0.145. The molecule has 2 aliphatic rings. The number of benzene rings is 1. The number of methoxy groups -OCH3 is 2. The molecule has 0 spiro atoms. The van der Waals surface area contributed by atoms with Crippen molar-refractivity contribution in [1.29, 1.82) is 0 Å². The number of hydrogen-bond acceptors (Lipinski definition) is 10. The van der Waals surface area contributed by atoms with Gasteiger partial charge in [0.2, 0.25) is 0 Å². The number of hydrogen-bond donors (Lipinski definition) is 0. The van der Waals surface area contributed by atoms with Gasteiger partial charge in [-0.1, -0.05) is 35.7 Å². The summed E-state index contributed by atoms with van der Waals surface area (Å²) in [5, 5.41) is 0.844. The van der Waals surface area contributed by atoms with E-state index in [-0.39, 0.29) is 0 Å². The highest BCUT2D eigenvalue weighted by Gasteiger charge is 2.45. The summed E-state index contributed by atoms with van der Waals surface area (Å²) in [4.78, 5) is 35.9. The lowest BCUT2D eigenvalue weighted by Gasteiger charge is -2.12. The van der Waals surface area contributed by atoms with E-state index in [0.29, 0.717) is 0 Å². The molecule has 2 aromatic heterocycles. The molecule has 2 atom stereocenters. The van der Waals surface area contributed by atoms with Gasteiger partial charge in [0.1, 0.15) is 10.5 Å². The Bertz CT molecular complexity index is 1150. The minimum atomic E-state index is -0.628. The lowest BCUT2D eigenvalue weighted by atomic mass is 10.1. The zero-order valence-electron chi connectivity index (χ0n) is 15.8. The zero-order valence-corrected chi connectivity index (χ0v) is 19.0. The number of fused-ring (bicyclic) bond motifs is 6. The van der Waals surface area contributed by atoms with E-state index in [1.54, 1.807) is 35.9 Å². The largest absolute Gasteiger partial charge is 0.468 e. The molecule has 5 rings (SSSR count). The normalized spacial score (nSPS) is 20.6. The minimum absolute atomic E-state index is 0.423. The van der Waals surface area contributed by atoms with Crippen LogP contribution in [0.2, 0.25) is 0 Å². The van der Waals surface area contributed by atoms with Crippen molar-refractivity contribution in [3.05, 3.63) is 45.1 Å². The molecule has 4 heterocycles. The van der Waals surface area contributed by atoms with Gasteiger partial charge in [-0.25, -0.2) is 0 Å².